The molecule has 1 aromatic carbocycles. The number of carbonyl (C=O) groups is 3. The molecule has 0 aliphatic heterocycles. The third-order valence-corrected chi connectivity index (χ3v) is 2.49. The van der Waals surface area contributed by atoms with Crippen LogP contribution in [0.15, 0.2) is 18.2 Å². The number of primary amides is 1. The van der Waals surface area contributed by atoms with E-state index >= 15 is 0 Å². The molecule has 10 heteroatoms. The van der Waals surface area contributed by atoms with E-state index in [-0.39, 0.29) is 11.3 Å². The summed E-state index contributed by atoms with van der Waals surface area (Å²) in [5, 5.41) is 12.7. The summed E-state index contributed by atoms with van der Waals surface area (Å²) in [7, 11) is 3.24. The largest absolute Gasteiger partial charge is 0.452 e. The molecular formula is C12H14N4O6. The van der Waals surface area contributed by atoms with Crippen molar-refractivity contribution in [2.45, 2.75) is 0 Å². The number of benzene rings is 1. The number of nitrogens with zero attached hydrogens (tertiary/aromatic N) is 2. The van der Waals surface area contributed by atoms with Crippen molar-refractivity contribution in [3.8, 4) is 0 Å². The van der Waals surface area contributed by atoms with Gasteiger partial charge >= 0.3 is 12.0 Å². The third kappa shape index (κ3) is 4.44. The monoisotopic (exact) mass is 310 g/mol. The van der Waals surface area contributed by atoms with E-state index in [1.54, 1.807) is 19.4 Å². The van der Waals surface area contributed by atoms with Crippen molar-refractivity contribution in [3.63, 3.8) is 0 Å². The molecule has 0 fully saturated rings. The Morgan fingerprint density at radius 3 is 2.50 bits per heavy atom. The molecule has 3 N–H and O–H groups in total. The number of amides is 3. The first-order valence-corrected chi connectivity index (χ1v) is 5.94. The number of nitro benzene ring substituents is 1. The smallest absolute Gasteiger partial charge is 0.338 e. The number of esters is 1. The normalized spacial score (nSPS) is 9.73. The molecule has 0 saturated carbocycles. The van der Waals surface area contributed by atoms with Gasteiger partial charge in [-0.15, -0.1) is 0 Å². The number of urea groups is 1. The van der Waals surface area contributed by atoms with Gasteiger partial charge in [0.1, 0.15) is 5.69 Å². The molecule has 0 aliphatic carbocycles. The number of carbonyl (C=O) groups excluding carboxylic acids is 3. The van der Waals surface area contributed by atoms with Crippen molar-refractivity contribution in [2.75, 3.05) is 25.6 Å². The van der Waals surface area contributed by atoms with Gasteiger partial charge in [0.2, 0.25) is 0 Å². The molecule has 0 aromatic heterocycles. The first-order valence-electron chi connectivity index (χ1n) is 5.94. The average molecular weight is 310 g/mol. The number of nitrogens with two attached hydrogens (primary N) is 1. The standard InChI is InChI=1S/C12H14N4O6/c1-15(2)8-4-3-7(5-9(8)16(20)21)11(18)22-6-10(17)14-12(13)19/h3-5H,6H2,1-2H3,(H3,13,14,17,19). The summed E-state index contributed by atoms with van der Waals surface area (Å²) < 4.78 is 4.63. The third-order valence-electron chi connectivity index (χ3n) is 2.49. The summed E-state index contributed by atoms with van der Waals surface area (Å²) >= 11 is 0. The van der Waals surface area contributed by atoms with Gasteiger partial charge in [0.15, 0.2) is 6.61 Å². The Morgan fingerprint density at radius 1 is 1.36 bits per heavy atom. The zero-order valence-corrected chi connectivity index (χ0v) is 11.9. The topological polar surface area (TPSA) is 145 Å². The molecule has 0 saturated heterocycles. The van der Waals surface area contributed by atoms with Crippen LogP contribution >= 0.6 is 0 Å². The quantitative estimate of drug-likeness (QED) is 0.442. The summed E-state index contributed by atoms with van der Waals surface area (Å²) in [6.07, 6.45) is 0. The maximum atomic E-state index is 11.7. The zero-order chi connectivity index (χ0) is 16.9. The van der Waals surface area contributed by atoms with Crippen molar-refractivity contribution in [1.29, 1.82) is 0 Å². The van der Waals surface area contributed by atoms with E-state index in [0.717, 1.165) is 6.07 Å². The van der Waals surface area contributed by atoms with Crippen LogP contribution in [0.4, 0.5) is 16.2 Å². The van der Waals surface area contributed by atoms with Crippen LogP contribution in [0.5, 0.6) is 0 Å². The Morgan fingerprint density at radius 2 is 2.00 bits per heavy atom. The molecule has 0 heterocycles. The van der Waals surface area contributed by atoms with Crippen LogP contribution in [0.25, 0.3) is 0 Å². The van der Waals surface area contributed by atoms with Crippen molar-refractivity contribution >= 4 is 29.3 Å². The minimum absolute atomic E-state index is 0.0934. The summed E-state index contributed by atoms with van der Waals surface area (Å²) in [5.41, 5.74) is 4.66. The molecular weight excluding hydrogens is 296 g/mol. The predicted octanol–water partition coefficient (Wildman–Crippen LogP) is 0.0125. The molecule has 22 heavy (non-hydrogen) atoms. The SMILES string of the molecule is CN(C)c1ccc(C(=O)OCC(=O)NC(N)=O)cc1[N+](=O)[O-]. The lowest BCUT2D eigenvalue weighted by Crippen LogP contribution is -2.37. The van der Waals surface area contributed by atoms with Crippen LogP contribution in [0.1, 0.15) is 10.4 Å². The van der Waals surface area contributed by atoms with Crippen LogP contribution in [-0.4, -0.2) is 43.5 Å². The van der Waals surface area contributed by atoms with Crippen molar-refractivity contribution in [2.24, 2.45) is 5.73 Å². The van der Waals surface area contributed by atoms with Crippen LogP contribution in [-0.2, 0) is 9.53 Å². The van der Waals surface area contributed by atoms with E-state index in [0.29, 0.717) is 5.69 Å². The van der Waals surface area contributed by atoms with E-state index < -0.39 is 29.4 Å². The van der Waals surface area contributed by atoms with Crippen LogP contribution in [0.2, 0.25) is 0 Å². The van der Waals surface area contributed by atoms with Gasteiger partial charge in [-0.3, -0.25) is 20.2 Å². The molecule has 0 aliphatic rings. The zero-order valence-electron chi connectivity index (χ0n) is 11.9. The van der Waals surface area contributed by atoms with Gasteiger partial charge in [-0.05, 0) is 12.1 Å². The lowest BCUT2D eigenvalue weighted by atomic mass is 10.1. The number of anilines is 1. The van der Waals surface area contributed by atoms with E-state index in [9.17, 15) is 24.5 Å². The summed E-state index contributed by atoms with van der Waals surface area (Å²) in [4.78, 5) is 45.1. The number of rotatable bonds is 5. The molecule has 0 bridgehead atoms. The summed E-state index contributed by atoms with van der Waals surface area (Å²) in [5.74, 6) is -1.84. The highest BCUT2D eigenvalue weighted by atomic mass is 16.6. The van der Waals surface area contributed by atoms with E-state index in [2.05, 4.69) is 4.74 Å². The van der Waals surface area contributed by atoms with Gasteiger partial charge in [0, 0.05) is 20.2 Å². The molecule has 3 amide bonds. The maximum absolute atomic E-state index is 11.7. The molecule has 0 radical (unpaired) electrons. The number of hydrogen-bond donors (Lipinski definition) is 2. The van der Waals surface area contributed by atoms with Gasteiger partial charge in [-0.2, -0.15) is 0 Å². The second kappa shape index (κ2) is 7.02. The Kier molecular flexibility index (Phi) is 5.38. The number of nitrogens with one attached hydrogen (secondary N) is 1. The second-order valence-electron chi connectivity index (χ2n) is 4.34. The van der Waals surface area contributed by atoms with Crippen LogP contribution in [0, 0.1) is 10.1 Å². The van der Waals surface area contributed by atoms with Crippen LogP contribution < -0.4 is 16.0 Å². The van der Waals surface area contributed by atoms with Crippen molar-refractivity contribution < 1.29 is 24.0 Å². The van der Waals surface area contributed by atoms with Crippen molar-refractivity contribution in [3.05, 3.63) is 33.9 Å². The predicted molar refractivity (Wildman–Crippen MR) is 75.4 cm³/mol. The first kappa shape index (κ1) is 16.9. The second-order valence-corrected chi connectivity index (χ2v) is 4.34. The number of ether oxygens (including phenoxy) is 1. The molecule has 0 atom stereocenters. The molecule has 0 spiro atoms. The number of hydrogen-bond acceptors (Lipinski definition) is 7. The molecule has 1 aromatic rings. The fraction of sp³-hybridized carbons (Fsp3) is 0.250. The Bertz CT molecular complexity index is 628. The van der Waals surface area contributed by atoms with Crippen LogP contribution in [0.3, 0.4) is 0 Å². The molecule has 10 nitrogen and oxygen atoms in total. The Balaban J connectivity index is 2.86. The average Bonchev–Trinajstić information content (AvgIpc) is 2.43. The number of imide groups is 1. The van der Waals surface area contributed by atoms with Gasteiger partial charge in [-0.1, -0.05) is 0 Å². The van der Waals surface area contributed by atoms with Gasteiger partial charge in [-0.25, -0.2) is 9.59 Å². The molecule has 118 valence electrons. The minimum atomic E-state index is -1.08. The first-order chi connectivity index (χ1) is 10.2. The maximum Gasteiger partial charge on any atom is 0.338 e. The van der Waals surface area contributed by atoms with Crippen molar-refractivity contribution in [1.82, 2.24) is 5.32 Å². The summed E-state index contributed by atoms with van der Waals surface area (Å²) in [6, 6.07) is 2.69. The van der Waals surface area contributed by atoms with Gasteiger partial charge in [0.05, 0.1) is 10.5 Å². The molecule has 1 rings (SSSR count). The highest BCUT2D eigenvalue weighted by Gasteiger charge is 2.20. The summed E-state index contributed by atoms with van der Waals surface area (Å²) in [6.45, 7) is -0.731. The lowest BCUT2D eigenvalue weighted by molar-refractivity contribution is -0.384. The van der Waals surface area contributed by atoms with Gasteiger partial charge < -0.3 is 15.4 Å². The fourth-order valence-electron chi connectivity index (χ4n) is 1.56. The minimum Gasteiger partial charge on any atom is -0.452 e. The lowest BCUT2D eigenvalue weighted by Gasteiger charge is -2.13. The van der Waals surface area contributed by atoms with E-state index in [1.807, 2.05) is 0 Å². The van der Waals surface area contributed by atoms with E-state index in [1.165, 1.54) is 17.0 Å². The number of nitro groups is 1. The Hall–Kier alpha value is -3.17. The van der Waals surface area contributed by atoms with Gasteiger partial charge in [0.25, 0.3) is 11.6 Å². The molecule has 0 unspecified atom stereocenters. The highest BCUT2D eigenvalue weighted by Crippen LogP contribution is 2.27. The highest BCUT2D eigenvalue weighted by molar-refractivity contribution is 5.97. The Labute approximate surface area is 125 Å². The fourth-order valence-corrected chi connectivity index (χ4v) is 1.56. The van der Waals surface area contributed by atoms with E-state index in [4.69, 9.17) is 5.73 Å².